The Morgan fingerprint density at radius 1 is 0.773 bits per heavy atom. The monoisotopic (exact) mass is 645 g/mol. The second-order valence-corrected chi connectivity index (χ2v) is 10.4. The summed E-state index contributed by atoms with van der Waals surface area (Å²) in [5.41, 5.74) is 32.5. The van der Waals surface area contributed by atoms with Crippen molar-refractivity contribution in [3.63, 3.8) is 0 Å². The van der Waals surface area contributed by atoms with Crippen LogP contribution in [-0.2, 0) is 6.54 Å². The van der Waals surface area contributed by atoms with Crippen LogP contribution in [-0.4, -0.2) is 67.7 Å². The predicted molar refractivity (Wildman–Crippen MR) is 192 cm³/mol. The number of aryl methyl sites for hydroxylation is 1. The van der Waals surface area contributed by atoms with E-state index in [4.69, 9.17) is 38.9 Å². The molecule has 1 unspecified atom stereocenters. The number of hydrogen-bond donors (Lipinski definition) is 11. The summed E-state index contributed by atoms with van der Waals surface area (Å²) in [5, 5.41) is 20.8. The molecule has 0 radical (unpaired) electrons. The molecule has 2 aromatic carbocycles. The lowest BCUT2D eigenvalue weighted by Crippen LogP contribution is -3.02. The highest BCUT2D eigenvalue weighted by atomic mass is 32.1. The summed E-state index contributed by atoms with van der Waals surface area (Å²) in [4.78, 5) is 3.18. The van der Waals surface area contributed by atoms with Crippen LogP contribution in [0.4, 0.5) is 28.4 Å². The van der Waals surface area contributed by atoms with Gasteiger partial charge in [0.25, 0.3) is 0 Å². The molecule has 242 valence electrons. The number of nitrogens with one attached hydrogen (secondary N) is 2. The Kier molecular flexibility index (Phi) is 20.8. The van der Waals surface area contributed by atoms with Gasteiger partial charge in [0, 0.05) is 84.3 Å². The molecular weight excluding hydrogens is 595 g/mol. The molecule has 1 aliphatic heterocycles. The highest BCUT2D eigenvalue weighted by Crippen LogP contribution is 2.15. The molecule has 44 heavy (non-hydrogen) atoms. The Morgan fingerprint density at radius 2 is 1.32 bits per heavy atom. The number of nitrogens with two attached hydrogens (primary N) is 5. The van der Waals surface area contributed by atoms with Gasteiger partial charge in [-0.25, -0.2) is 4.57 Å². The summed E-state index contributed by atoms with van der Waals surface area (Å²) in [6, 6.07) is 18.7. The van der Waals surface area contributed by atoms with E-state index in [-0.39, 0.29) is 13.2 Å². The Hall–Kier alpha value is -3.59. The second-order valence-electron chi connectivity index (χ2n) is 9.48. The number of benzene rings is 2. The van der Waals surface area contributed by atoms with E-state index < -0.39 is 0 Å². The normalized spacial score (nSPS) is 12.8. The van der Waals surface area contributed by atoms with E-state index in [1.54, 1.807) is 12.1 Å². The maximum Gasteiger partial charge on any atom is 0.170 e. The molecule has 4 rings (SSSR count). The number of allylic oxidation sites excluding steroid dienone is 1. The molecule has 11 nitrogen and oxygen atoms in total. The number of aromatic nitrogens is 1. The minimum Gasteiger partial charge on any atom is -0.399 e. The number of quaternary nitrogens is 1. The zero-order valence-electron chi connectivity index (χ0n) is 25.3. The lowest BCUT2D eigenvalue weighted by molar-refractivity contribution is -0.784. The Balaban J connectivity index is 0.000000297. The van der Waals surface area contributed by atoms with E-state index >= 15 is 0 Å². The average molecular weight is 646 g/mol. The number of rotatable bonds is 12. The first-order valence-corrected chi connectivity index (χ1v) is 15.6. The molecule has 13 heteroatoms. The first-order valence-electron chi connectivity index (χ1n) is 14.3. The van der Waals surface area contributed by atoms with Crippen LogP contribution in [0.15, 0.2) is 97.2 Å². The molecule has 2 heterocycles. The van der Waals surface area contributed by atoms with Crippen LogP contribution in [0.3, 0.4) is 0 Å². The quantitative estimate of drug-likeness (QED) is 0.0747. The van der Waals surface area contributed by atoms with Gasteiger partial charge in [-0.15, -0.1) is 0 Å². The summed E-state index contributed by atoms with van der Waals surface area (Å²) >= 11 is 8.21. The summed E-state index contributed by atoms with van der Waals surface area (Å²) in [5.74, 6) is 1.75. The van der Waals surface area contributed by atoms with Crippen LogP contribution < -0.4 is 48.4 Å². The third kappa shape index (κ3) is 17.5. The van der Waals surface area contributed by atoms with Gasteiger partial charge in [0.15, 0.2) is 18.9 Å². The van der Waals surface area contributed by atoms with Gasteiger partial charge in [-0.2, -0.15) is 25.3 Å². The van der Waals surface area contributed by atoms with E-state index in [9.17, 15) is 0 Å². The van der Waals surface area contributed by atoms with Crippen LogP contribution >= 0.6 is 25.3 Å². The fraction of sp³-hybridized carbons (Fsp3) is 0.323. The summed E-state index contributed by atoms with van der Waals surface area (Å²) < 4.78 is 2.04. The molecule has 1 aliphatic rings. The minimum absolute atomic E-state index is 0.0738. The number of nitrogen functional groups attached to an aromatic ring is 3. The van der Waals surface area contributed by atoms with Crippen molar-refractivity contribution >= 4 is 53.7 Å². The van der Waals surface area contributed by atoms with Crippen molar-refractivity contribution < 1.29 is 19.7 Å². The molecule has 14 N–H and O–H groups in total. The fourth-order valence-electron chi connectivity index (χ4n) is 3.65. The number of hydrogen-bond acceptors (Lipinski definition) is 11. The molecule has 0 spiro atoms. The zero-order valence-corrected chi connectivity index (χ0v) is 27.1. The van der Waals surface area contributed by atoms with Crippen molar-refractivity contribution in [1.82, 2.24) is 0 Å². The number of pyridine rings is 1. The van der Waals surface area contributed by atoms with Gasteiger partial charge in [-0.05, 0) is 48.5 Å². The number of thiol groups is 2. The molecule has 0 amide bonds. The molecule has 0 aliphatic carbocycles. The van der Waals surface area contributed by atoms with E-state index in [0.717, 1.165) is 59.6 Å². The molecule has 1 atom stereocenters. The van der Waals surface area contributed by atoms with Gasteiger partial charge in [-0.1, -0.05) is 0 Å². The number of aliphatic hydroxyl groups excluding tert-OH is 2. The molecule has 0 saturated carbocycles. The van der Waals surface area contributed by atoms with Crippen LogP contribution in [0.1, 0.15) is 0 Å². The van der Waals surface area contributed by atoms with Gasteiger partial charge in [0.1, 0.15) is 12.4 Å². The van der Waals surface area contributed by atoms with Gasteiger partial charge < -0.3 is 49.1 Å². The molecule has 3 aromatic rings. The zero-order chi connectivity index (χ0) is 32.6. The van der Waals surface area contributed by atoms with Crippen molar-refractivity contribution in [3.05, 3.63) is 97.2 Å². The number of anilines is 5. The number of aliphatic hydroxyl groups is 2. The SMILES string of the molecule is NC1=C[NH+](CCS)C=C1.NCCNc1ccc(N)cc1.Nc1cc[n+](CCS)cc1.Nc1ccc(N(CCO)CCO)cc1. The van der Waals surface area contributed by atoms with Crippen molar-refractivity contribution in [2.24, 2.45) is 11.5 Å². The third-order valence-electron chi connectivity index (χ3n) is 5.90. The Bertz CT molecular complexity index is 1190. The fourth-order valence-corrected chi connectivity index (χ4v) is 4.13. The van der Waals surface area contributed by atoms with Crippen molar-refractivity contribution in [2.45, 2.75) is 6.54 Å². The lowest BCUT2D eigenvalue weighted by Gasteiger charge is -2.22. The standard InChI is InChI=1S/C10H16N2O2.C8H13N3.C7H10N2S.C6H10N2S/c11-9-1-3-10(4-2-9)12(5-7-13)6-8-14;9-5-6-11-8-3-1-7(10)2-4-8;8-7-1-3-9(4-2-7)5-6-10;7-6-1-2-8(5-6)3-4-9/h1-4,13-14H,5-8,11H2;1-4,11H,5-6,9-10H2;1-4,8,10H,5-6H2;1-2,5,9H,3-4,7H2/p+2. The molecule has 0 bridgehead atoms. The summed E-state index contributed by atoms with van der Waals surface area (Å²) in [7, 11) is 0. The van der Waals surface area contributed by atoms with E-state index in [1.807, 2.05) is 88.9 Å². The van der Waals surface area contributed by atoms with Crippen LogP contribution in [0.5, 0.6) is 0 Å². The Labute approximate surface area is 272 Å². The smallest absolute Gasteiger partial charge is 0.170 e. The summed E-state index contributed by atoms with van der Waals surface area (Å²) in [6.45, 7) is 4.57. The predicted octanol–water partition coefficient (Wildman–Crippen LogP) is 0.314. The van der Waals surface area contributed by atoms with Crippen LogP contribution in [0, 0.1) is 0 Å². The minimum atomic E-state index is 0.0738. The van der Waals surface area contributed by atoms with Crippen molar-refractivity contribution in [3.8, 4) is 0 Å². The second kappa shape index (κ2) is 23.8. The molecule has 0 saturated heterocycles. The maximum absolute atomic E-state index is 8.83. The number of nitrogens with zero attached hydrogens (tertiary/aromatic N) is 2. The van der Waals surface area contributed by atoms with Crippen LogP contribution in [0.2, 0.25) is 0 Å². The largest absolute Gasteiger partial charge is 0.399 e. The third-order valence-corrected chi connectivity index (χ3v) is 6.32. The molecule has 1 aromatic heterocycles. The van der Waals surface area contributed by atoms with Gasteiger partial charge in [0.05, 0.1) is 25.5 Å². The highest BCUT2D eigenvalue weighted by molar-refractivity contribution is 7.80. The maximum atomic E-state index is 8.83. The highest BCUT2D eigenvalue weighted by Gasteiger charge is 2.06. The van der Waals surface area contributed by atoms with Gasteiger partial charge >= 0.3 is 0 Å². The molecular formula is C31H51N9O2S2+2. The van der Waals surface area contributed by atoms with Crippen molar-refractivity contribution in [2.75, 3.05) is 84.9 Å². The van der Waals surface area contributed by atoms with Crippen molar-refractivity contribution in [1.29, 1.82) is 0 Å². The lowest BCUT2D eigenvalue weighted by atomic mass is 10.2. The van der Waals surface area contributed by atoms with E-state index in [0.29, 0.717) is 25.3 Å². The average Bonchev–Trinajstić information content (AvgIpc) is 3.44. The Morgan fingerprint density at radius 3 is 1.77 bits per heavy atom. The first kappa shape index (κ1) is 38.4. The first-order chi connectivity index (χ1) is 21.3. The van der Waals surface area contributed by atoms with Gasteiger partial charge in [-0.3, -0.25) is 4.90 Å². The van der Waals surface area contributed by atoms with E-state index in [2.05, 4.69) is 30.6 Å². The molecule has 0 fully saturated rings. The topological polar surface area (TPSA) is 194 Å². The van der Waals surface area contributed by atoms with Crippen LogP contribution in [0.25, 0.3) is 0 Å². The summed E-state index contributed by atoms with van der Waals surface area (Å²) in [6.07, 6.45) is 9.83. The van der Waals surface area contributed by atoms with Gasteiger partial charge in [0.2, 0.25) is 0 Å². The van der Waals surface area contributed by atoms with E-state index in [1.165, 1.54) is 4.90 Å².